The summed E-state index contributed by atoms with van der Waals surface area (Å²) in [6, 6.07) is 9.54. The zero-order valence-electron chi connectivity index (χ0n) is 12.6. The molecule has 1 aliphatic carbocycles. The number of ether oxygens (including phenoxy) is 2. The molecule has 5 heteroatoms. The van der Waals surface area contributed by atoms with Gasteiger partial charge >= 0.3 is 5.63 Å². The number of hydrogen-bond acceptors (Lipinski definition) is 5. The summed E-state index contributed by atoms with van der Waals surface area (Å²) in [7, 11) is 0. The first kappa shape index (κ1) is 12.4. The van der Waals surface area contributed by atoms with Crippen molar-refractivity contribution in [1.29, 1.82) is 0 Å². The molecule has 0 atom stereocenters. The number of hydrogen-bond donors (Lipinski definition) is 0. The lowest BCUT2D eigenvalue weighted by molar-refractivity contribution is 0.174. The van der Waals surface area contributed by atoms with Gasteiger partial charge in [0.1, 0.15) is 0 Å². The van der Waals surface area contributed by atoms with Gasteiger partial charge in [-0.3, -0.25) is 4.99 Å². The molecule has 3 aromatic rings. The molecule has 0 bridgehead atoms. The molecule has 0 amide bonds. The molecule has 2 aromatic carbocycles. The van der Waals surface area contributed by atoms with E-state index in [1.165, 1.54) is 5.56 Å². The van der Waals surface area contributed by atoms with Crippen molar-refractivity contribution in [3.63, 3.8) is 0 Å². The molecule has 0 radical (unpaired) electrons. The Bertz CT molecular complexity index is 1160. The van der Waals surface area contributed by atoms with Crippen LogP contribution in [0.3, 0.4) is 0 Å². The smallest absolute Gasteiger partial charge is 0.344 e. The molecule has 2 aliphatic heterocycles. The highest BCUT2D eigenvalue weighted by atomic mass is 16.7. The second-order valence-corrected chi connectivity index (χ2v) is 6.14. The maximum Gasteiger partial charge on any atom is 0.344 e. The molecule has 0 N–H and O–H groups in total. The zero-order valence-corrected chi connectivity index (χ0v) is 12.6. The van der Waals surface area contributed by atoms with E-state index in [1.54, 1.807) is 6.07 Å². The Morgan fingerprint density at radius 2 is 1.88 bits per heavy atom. The van der Waals surface area contributed by atoms with E-state index in [0.717, 1.165) is 34.2 Å². The fraction of sp³-hybridized carbons (Fsp3) is 0.158. The van der Waals surface area contributed by atoms with Crippen molar-refractivity contribution in [3.8, 4) is 22.8 Å². The number of fused-ring (bicyclic) bond motifs is 7. The van der Waals surface area contributed by atoms with Crippen LogP contribution in [0, 0.1) is 0 Å². The van der Waals surface area contributed by atoms with Crippen LogP contribution in [-0.2, 0) is 6.42 Å². The van der Waals surface area contributed by atoms with Crippen molar-refractivity contribution in [1.82, 2.24) is 0 Å². The Morgan fingerprint density at radius 1 is 1.00 bits per heavy atom. The first-order valence-corrected chi connectivity index (χ1v) is 7.90. The maximum absolute atomic E-state index is 12.5. The molecule has 0 fully saturated rings. The van der Waals surface area contributed by atoms with E-state index in [4.69, 9.17) is 18.9 Å². The molecular formula is C19H11NO4. The largest absolute Gasteiger partial charge is 0.454 e. The monoisotopic (exact) mass is 317 g/mol. The lowest BCUT2D eigenvalue weighted by Gasteiger charge is -2.15. The quantitative estimate of drug-likeness (QED) is 0.500. The van der Waals surface area contributed by atoms with Gasteiger partial charge < -0.3 is 13.9 Å². The van der Waals surface area contributed by atoms with Crippen LogP contribution < -0.4 is 15.1 Å². The average molecular weight is 317 g/mol. The number of aliphatic imine (C=N–C) groups is 1. The van der Waals surface area contributed by atoms with Crippen LogP contribution >= 0.6 is 0 Å². The minimum absolute atomic E-state index is 0.185. The summed E-state index contributed by atoms with van der Waals surface area (Å²) >= 11 is 0. The lowest BCUT2D eigenvalue weighted by atomic mass is 9.95. The van der Waals surface area contributed by atoms with Gasteiger partial charge in [-0.25, -0.2) is 4.79 Å². The Kier molecular flexibility index (Phi) is 2.09. The van der Waals surface area contributed by atoms with Gasteiger partial charge in [0, 0.05) is 17.5 Å². The number of nitrogens with zero attached hydrogens (tertiary/aromatic N) is 1. The number of benzene rings is 2. The van der Waals surface area contributed by atoms with Crippen LogP contribution in [0.1, 0.15) is 16.7 Å². The summed E-state index contributed by atoms with van der Waals surface area (Å²) < 4.78 is 17.0. The van der Waals surface area contributed by atoms with Crippen LogP contribution in [0.25, 0.3) is 22.1 Å². The zero-order chi connectivity index (χ0) is 15.8. The van der Waals surface area contributed by atoms with Crippen LogP contribution in [0.4, 0.5) is 0 Å². The second-order valence-electron chi connectivity index (χ2n) is 6.14. The lowest BCUT2D eigenvalue weighted by Crippen LogP contribution is -2.12. The standard InChI is InChI=1S/C19H11NO4/c21-19-11-4-2-1-3-10(11)14-16-13-9(5-6-20-16)7-12-17(23-8-22-12)15(13)18(14)24-19/h1-4,7H,5-6,8H2. The Labute approximate surface area is 136 Å². The summed E-state index contributed by atoms with van der Waals surface area (Å²) in [6.07, 6.45) is 0.846. The van der Waals surface area contributed by atoms with E-state index in [2.05, 4.69) is 0 Å². The first-order valence-electron chi connectivity index (χ1n) is 7.90. The van der Waals surface area contributed by atoms with Crippen molar-refractivity contribution in [3.05, 3.63) is 57.4 Å². The van der Waals surface area contributed by atoms with E-state index in [1.807, 2.05) is 24.3 Å². The molecule has 3 aliphatic rings. The summed E-state index contributed by atoms with van der Waals surface area (Å²) in [5, 5.41) is 1.45. The second kappa shape index (κ2) is 4.06. The van der Waals surface area contributed by atoms with Crippen LogP contribution in [0.5, 0.6) is 11.5 Å². The normalized spacial score (nSPS) is 16.1. The van der Waals surface area contributed by atoms with Crippen molar-refractivity contribution >= 4 is 16.5 Å². The molecule has 0 saturated carbocycles. The topological polar surface area (TPSA) is 61.0 Å². The molecule has 0 saturated heterocycles. The third-order valence-corrected chi connectivity index (χ3v) is 4.93. The number of rotatable bonds is 0. The molecule has 0 unspecified atom stereocenters. The van der Waals surface area contributed by atoms with E-state index >= 15 is 0 Å². The van der Waals surface area contributed by atoms with E-state index in [-0.39, 0.29) is 12.4 Å². The Hall–Kier alpha value is -3.08. The summed E-state index contributed by atoms with van der Waals surface area (Å²) in [5.41, 5.74) is 4.47. The summed E-state index contributed by atoms with van der Waals surface area (Å²) in [5.74, 6) is 1.92. The van der Waals surface area contributed by atoms with Crippen LogP contribution in [0.2, 0.25) is 0 Å². The summed E-state index contributed by atoms with van der Waals surface area (Å²) in [4.78, 5) is 17.2. The average Bonchev–Trinajstić information content (AvgIpc) is 3.19. The van der Waals surface area contributed by atoms with E-state index < -0.39 is 0 Å². The molecule has 5 nitrogen and oxygen atoms in total. The molecular weight excluding hydrogens is 306 g/mol. The van der Waals surface area contributed by atoms with Gasteiger partial charge in [-0.1, -0.05) is 18.2 Å². The van der Waals surface area contributed by atoms with Crippen molar-refractivity contribution in [2.45, 2.75) is 6.42 Å². The first-order chi connectivity index (χ1) is 11.8. The minimum Gasteiger partial charge on any atom is -0.454 e. The van der Waals surface area contributed by atoms with Gasteiger partial charge in [0.2, 0.25) is 6.79 Å². The third kappa shape index (κ3) is 1.32. The Morgan fingerprint density at radius 3 is 2.79 bits per heavy atom. The maximum atomic E-state index is 12.5. The highest BCUT2D eigenvalue weighted by Crippen LogP contribution is 2.52. The van der Waals surface area contributed by atoms with E-state index in [0.29, 0.717) is 29.2 Å². The third-order valence-electron chi connectivity index (χ3n) is 4.93. The highest BCUT2D eigenvalue weighted by Gasteiger charge is 2.39. The summed E-state index contributed by atoms with van der Waals surface area (Å²) in [6.45, 7) is 0.902. The van der Waals surface area contributed by atoms with Crippen LogP contribution in [-0.4, -0.2) is 19.0 Å². The van der Waals surface area contributed by atoms with Gasteiger partial charge in [-0.2, -0.15) is 0 Å². The van der Waals surface area contributed by atoms with Crippen LogP contribution in [0.15, 0.2) is 44.5 Å². The van der Waals surface area contributed by atoms with Crippen molar-refractivity contribution in [2.75, 3.05) is 13.3 Å². The van der Waals surface area contributed by atoms with Crippen molar-refractivity contribution in [2.24, 2.45) is 4.99 Å². The molecule has 0 spiro atoms. The Balaban J connectivity index is 1.86. The van der Waals surface area contributed by atoms with Gasteiger partial charge in [-0.05, 0) is 24.1 Å². The minimum atomic E-state index is -0.339. The molecule has 116 valence electrons. The molecule has 1 aromatic heterocycles. The van der Waals surface area contributed by atoms with Gasteiger partial charge in [0.05, 0.1) is 22.2 Å². The molecule has 6 rings (SSSR count). The fourth-order valence-corrected chi connectivity index (χ4v) is 3.96. The fourth-order valence-electron chi connectivity index (χ4n) is 3.96. The van der Waals surface area contributed by atoms with Crippen molar-refractivity contribution < 1.29 is 13.9 Å². The molecule has 24 heavy (non-hydrogen) atoms. The van der Waals surface area contributed by atoms with Gasteiger partial charge in [0.15, 0.2) is 17.3 Å². The SMILES string of the molecule is O=c1oc2c(c3ccccc13)C1=NCCc3cc4c(c-2c31)OCO4. The van der Waals surface area contributed by atoms with Gasteiger partial charge in [0.25, 0.3) is 0 Å². The van der Waals surface area contributed by atoms with E-state index in [9.17, 15) is 4.79 Å². The predicted molar refractivity (Wildman–Crippen MR) is 88.3 cm³/mol. The molecule has 3 heterocycles. The predicted octanol–water partition coefficient (Wildman–Crippen LogP) is 2.90. The highest BCUT2D eigenvalue weighted by molar-refractivity contribution is 6.30. The van der Waals surface area contributed by atoms with Gasteiger partial charge in [-0.15, -0.1) is 0 Å².